The average Bonchev–Trinajstić information content (AvgIpc) is 3.28. The van der Waals surface area contributed by atoms with Gasteiger partial charge in [-0.2, -0.15) is 0 Å². The molecular formula is C32H51N3O3S2. The highest BCUT2D eigenvalue weighted by molar-refractivity contribution is 8.77. The summed E-state index contributed by atoms with van der Waals surface area (Å²) >= 11 is 0. The lowest BCUT2D eigenvalue weighted by molar-refractivity contribution is -0.125. The first-order valence-corrected chi connectivity index (χ1v) is 18.5. The van der Waals surface area contributed by atoms with Gasteiger partial charge in [0.05, 0.1) is 5.54 Å². The first kappa shape index (κ1) is 29.4. The number of Topliss-reactive ketones (excluding diaryl/α,β-unsaturated/α-hetero) is 1. The summed E-state index contributed by atoms with van der Waals surface area (Å²) in [6.07, 6.45) is 17.0. The van der Waals surface area contributed by atoms with Crippen LogP contribution >= 0.6 is 21.6 Å². The first-order valence-electron chi connectivity index (χ1n) is 16.2. The van der Waals surface area contributed by atoms with Gasteiger partial charge in [-0.25, -0.2) is 0 Å². The van der Waals surface area contributed by atoms with Crippen LogP contribution in [0.4, 0.5) is 0 Å². The Morgan fingerprint density at radius 2 is 1.90 bits per heavy atom. The van der Waals surface area contributed by atoms with Crippen molar-refractivity contribution in [1.29, 1.82) is 0 Å². The number of hydrogen-bond donors (Lipinski definition) is 4. The maximum Gasteiger partial charge on any atom is 0.189 e. The van der Waals surface area contributed by atoms with Gasteiger partial charge in [0.1, 0.15) is 0 Å². The van der Waals surface area contributed by atoms with Crippen molar-refractivity contribution in [3.05, 3.63) is 11.1 Å². The Hall–Kier alpha value is -0.700. The second-order valence-corrected chi connectivity index (χ2v) is 16.9. The van der Waals surface area contributed by atoms with Crippen molar-refractivity contribution >= 4 is 33.3 Å². The van der Waals surface area contributed by atoms with Gasteiger partial charge in [0.25, 0.3) is 0 Å². The summed E-state index contributed by atoms with van der Waals surface area (Å²) in [5.41, 5.74) is 8.96. The smallest absolute Gasteiger partial charge is 0.189 e. The monoisotopic (exact) mass is 589 g/mol. The number of unbranched alkanes of at least 4 members (excludes halogenated alkanes) is 1. The van der Waals surface area contributed by atoms with Crippen molar-refractivity contribution in [1.82, 2.24) is 5.32 Å². The standard InChI is InChI=1S/C32H51N3O3S2/c1-29-14-17-39-40-31(11-4-2-5-12-31)30(13-15-34-28(33)35-30)10-7-8-24-26-19-23(29)18-22(21-37)25(9-3-6-16-36)32(26,29)20-27(24)38/h22-23,25,36-37H,2-21H2,1H3,(H3,33,34,35). The van der Waals surface area contributed by atoms with E-state index in [4.69, 9.17) is 5.73 Å². The summed E-state index contributed by atoms with van der Waals surface area (Å²) in [6, 6.07) is 0. The van der Waals surface area contributed by atoms with Gasteiger partial charge < -0.3 is 21.3 Å². The molecule has 5 N–H and O–H groups in total. The zero-order valence-corrected chi connectivity index (χ0v) is 26.2. The topological polar surface area (TPSA) is 108 Å². The Morgan fingerprint density at radius 1 is 1.07 bits per heavy atom. The number of rotatable bonds is 5. The molecule has 6 atom stereocenters. The highest BCUT2D eigenvalue weighted by atomic mass is 33.1. The van der Waals surface area contributed by atoms with Crippen LogP contribution in [0, 0.1) is 28.6 Å². The number of aliphatic hydroxyl groups excluding tert-OH is 2. The van der Waals surface area contributed by atoms with Gasteiger partial charge in [-0.05, 0) is 99.4 Å². The summed E-state index contributed by atoms with van der Waals surface area (Å²) in [4.78, 5) is 18.6. The molecule has 224 valence electrons. The van der Waals surface area contributed by atoms with Gasteiger partial charge in [-0.15, -0.1) is 0 Å². The van der Waals surface area contributed by atoms with Crippen LogP contribution in [0.5, 0.6) is 0 Å². The molecule has 6 nitrogen and oxygen atoms in total. The number of hydrogen-bond acceptors (Lipinski definition) is 8. The lowest BCUT2D eigenvalue weighted by atomic mass is 9.47. The Morgan fingerprint density at radius 3 is 2.65 bits per heavy atom. The van der Waals surface area contributed by atoms with Gasteiger partial charge in [0.2, 0.25) is 0 Å². The molecule has 4 aliphatic carbocycles. The fourth-order valence-corrected chi connectivity index (χ4v) is 14.6. The first-order chi connectivity index (χ1) is 19.3. The third-order valence-electron chi connectivity index (χ3n) is 12.7. The van der Waals surface area contributed by atoms with Crippen molar-refractivity contribution in [3.8, 4) is 0 Å². The number of ketones is 1. The number of carbonyl (C=O) groups is 1. The highest BCUT2D eigenvalue weighted by Gasteiger charge is 2.69. The molecule has 3 fully saturated rings. The third-order valence-corrected chi connectivity index (χ3v) is 16.1. The molecule has 40 heavy (non-hydrogen) atoms. The predicted octanol–water partition coefficient (Wildman–Crippen LogP) is 5.76. The van der Waals surface area contributed by atoms with Crippen LogP contribution in [-0.2, 0) is 4.79 Å². The number of nitrogens with two attached hydrogens (primary N) is 1. The zero-order chi connectivity index (χ0) is 28.0. The average molecular weight is 590 g/mol. The predicted molar refractivity (Wildman–Crippen MR) is 166 cm³/mol. The Labute approximate surface area is 249 Å². The molecule has 0 aromatic carbocycles. The van der Waals surface area contributed by atoms with Crippen LogP contribution in [0.3, 0.4) is 0 Å². The normalized spacial score (nSPS) is 41.3. The molecule has 2 heterocycles. The Kier molecular flexibility index (Phi) is 8.39. The van der Waals surface area contributed by atoms with Gasteiger partial charge in [0.15, 0.2) is 11.7 Å². The van der Waals surface area contributed by atoms with Crippen LogP contribution in [0.15, 0.2) is 16.1 Å². The highest BCUT2D eigenvalue weighted by Crippen LogP contribution is 2.75. The second kappa shape index (κ2) is 11.4. The number of carbonyl (C=O) groups excluding carboxylic acids is 1. The van der Waals surface area contributed by atoms with Crippen LogP contribution in [-0.4, -0.2) is 57.8 Å². The second-order valence-electron chi connectivity index (χ2n) is 14.1. The molecule has 2 aliphatic heterocycles. The van der Waals surface area contributed by atoms with Gasteiger partial charge >= 0.3 is 0 Å². The van der Waals surface area contributed by atoms with Crippen LogP contribution in [0.1, 0.15) is 110 Å². The van der Waals surface area contributed by atoms with Crippen molar-refractivity contribution in [2.45, 2.75) is 120 Å². The molecule has 0 aromatic rings. The summed E-state index contributed by atoms with van der Waals surface area (Å²) in [5, 5.41) is 23.9. The minimum atomic E-state index is -0.106. The van der Waals surface area contributed by atoms with Crippen molar-refractivity contribution in [2.24, 2.45) is 39.3 Å². The molecule has 6 unspecified atom stereocenters. The van der Waals surface area contributed by atoms with E-state index >= 15 is 0 Å². The lowest BCUT2D eigenvalue weighted by Crippen LogP contribution is -2.66. The lowest BCUT2D eigenvalue weighted by Gasteiger charge is -2.57. The van der Waals surface area contributed by atoms with E-state index in [1.54, 1.807) is 0 Å². The van der Waals surface area contributed by atoms with E-state index in [2.05, 4.69) is 38.8 Å². The van der Waals surface area contributed by atoms with E-state index in [1.165, 1.54) is 37.7 Å². The molecule has 3 saturated carbocycles. The molecule has 3 spiro atoms. The maximum atomic E-state index is 14.0. The molecule has 5 bridgehead atoms. The SMILES string of the molecule is CC12CCSSC3(CCCCC3)C3(CCCC4=C5CC1CC(CO)C(CCCCO)C52CC4=O)CCN=C(N)N3. The van der Waals surface area contributed by atoms with Crippen LogP contribution in [0.2, 0.25) is 0 Å². The number of aliphatic imine (C=N–C) groups is 1. The number of fused-ring (bicyclic) bond motifs is 1. The van der Waals surface area contributed by atoms with Gasteiger partial charge in [-0.1, -0.05) is 59.8 Å². The molecule has 8 heteroatoms. The number of nitrogens with one attached hydrogen (secondary N) is 1. The Bertz CT molecular complexity index is 1040. The summed E-state index contributed by atoms with van der Waals surface area (Å²) in [7, 11) is 4.25. The molecular weight excluding hydrogens is 539 g/mol. The maximum absolute atomic E-state index is 14.0. The number of aliphatic hydroxyl groups is 2. The number of nitrogens with zero attached hydrogens (tertiary/aromatic N) is 1. The van der Waals surface area contributed by atoms with Gasteiger partial charge in [0, 0.05) is 42.1 Å². The Balaban J connectivity index is 1.39. The molecule has 6 rings (SSSR count). The minimum absolute atomic E-state index is 0.0663. The quantitative estimate of drug-likeness (QED) is 0.238. The largest absolute Gasteiger partial charge is 0.396 e. The van der Waals surface area contributed by atoms with Crippen molar-refractivity contribution in [3.63, 3.8) is 0 Å². The van der Waals surface area contributed by atoms with E-state index in [-0.39, 0.29) is 40.2 Å². The fraction of sp³-hybridized carbons (Fsp3) is 0.875. The minimum Gasteiger partial charge on any atom is -0.396 e. The molecule has 0 saturated heterocycles. The number of allylic oxidation sites excluding steroid dienone is 2. The molecule has 0 amide bonds. The summed E-state index contributed by atoms with van der Waals surface area (Å²) in [5.74, 6) is 3.25. The molecule has 0 radical (unpaired) electrons. The number of guanidine groups is 1. The molecule has 6 aliphatic rings. The van der Waals surface area contributed by atoms with E-state index in [1.807, 2.05) is 0 Å². The van der Waals surface area contributed by atoms with Crippen molar-refractivity contribution in [2.75, 3.05) is 25.5 Å². The van der Waals surface area contributed by atoms with Crippen molar-refractivity contribution < 1.29 is 15.0 Å². The zero-order valence-electron chi connectivity index (χ0n) is 24.5. The summed E-state index contributed by atoms with van der Waals surface area (Å²) in [6.45, 7) is 3.76. The van der Waals surface area contributed by atoms with Crippen LogP contribution < -0.4 is 11.1 Å². The third kappa shape index (κ3) is 4.43. The van der Waals surface area contributed by atoms with Gasteiger partial charge in [-0.3, -0.25) is 9.79 Å². The van der Waals surface area contributed by atoms with E-state index in [0.29, 0.717) is 30.0 Å². The van der Waals surface area contributed by atoms with E-state index in [9.17, 15) is 15.0 Å². The van der Waals surface area contributed by atoms with E-state index in [0.717, 1.165) is 82.1 Å². The fourth-order valence-electron chi connectivity index (χ4n) is 10.7. The van der Waals surface area contributed by atoms with Crippen LogP contribution in [0.25, 0.3) is 0 Å². The molecule has 0 aromatic heterocycles. The summed E-state index contributed by atoms with van der Waals surface area (Å²) < 4.78 is 0.147. The van der Waals surface area contributed by atoms with E-state index < -0.39 is 0 Å².